The summed E-state index contributed by atoms with van der Waals surface area (Å²) in [6.45, 7) is 6.54. The lowest BCUT2D eigenvalue weighted by Crippen LogP contribution is -2.30. The van der Waals surface area contributed by atoms with Gasteiger partial charge in [0.2, 0.25) is 0 Å². The lowest BCUT2D eigenvalue weighted by molar-refractivity contribution is -0.167. The van der Waals surface area contributed by atoms with E-state index in [0.717, 1.165) is 89.9 Å². The molecule has 0 bridgehead atoms. The Morgan fingerprint density at radius 3 is 0.875 bits per heavy atom. The van der Waals surface area contributed by atoms with Gasteiger partial charge in [-0.05, 0) is 83.5 Å². The molecule has 6 nitrogen and oxygen atoms in total. The van der Waals surface area contributed by atoms with E-state index in [4.69, 9.17) is 14.2 Å². The van der Waals surface area contributed by atoms with Crippen molar-refractivity contribution in [2.75, 3.05) is 13.2 Å². The summed E-state index contributed by atoms with van der Waals surface area (Å²) in [5, 5.41) is 0. The van der Waals surface area contributed by atoms with Crippen LogP contribution in [0, 0.1) is 0 Å². The van der Waals surface area contributed by atoms with Crippen LogP contribution in [0.5, 0.6) is 0 Å². The lowest BCUT2D eigenvalue weighted by atomic mass is 10.0. The average molecular weight is 1010 g/mol. The quantitative estimate of drug-likeness (QED) is 0.0261. The molecule has 0 saturated heterocycles. The van der Waals surface area contributed by atoms with Gasteiger partial charge in [-0.1, -0.05) is 281 Å². The van der Waals surface area contributed by atoms with E-state index in [1.807, 2.05) is 0 Å². The zero-order valence-electron chi connectivity index (χ0n) is 47.9. The SMILES string of the molecule is CC/C=C\C/C=C\C/C=C\C/C=C\CCCCCC(=O)OCC(COC(=O)CCCCCCCCC/C=C\CCCCCCCCCC)OC(=O)CCCCCCCCCCCCCCCCCCCCC. The number of carbonyl (C=O) groups excluding carboxylic acids is 3. The number of carbonyl (C=O) groups is 3. The molecule has 1 atom stereocenters. The molecule has 0 aliphatic carbocycles. The Kier molecular flexibility index (Phi) is 58.2. The number of rotatable bonds is 57. The molecule has 0 aliphatic heterocycles. The maximum atomic E-state index is 12.9. The average Bonchev–Trinajstić information content (AvgIpc) is 3.38. The van der Waals surface area contributed by atoms with Crippen molar-refractivity contribution >= 4 is 17.9 Å². The van der Waals surface area contributed by atoms with Gasteiger partial charge in [-0.2, -0.15) is 0 Å². The molecule has 0 fully saturated rings. The minimum Gasteiger partial charge on any atom is -0.462 e. The predicted molar refractivity (Wildman–Crippen MR) is 312 cm³/mol. The summed E-state index contributed by atoms with van der Waals surface area (Å²) in [7, 11) is 0. The molecule has 6 heteroatoms. The van der Waals surface area contributed by atoms with E-state index in [9.17, 15) is 14.4 Å². The highest BCUT2D eigenvalue weighted by molar-refractivity contribution is 5.71. The summed E-state index contributed by atoms with van der Waals surface area (Å²) in [5.41, 5.74) is 0. The molecule has 0 aromatic rings. The summed E-state index contributed by atoms with van der Waals surface area (Å²) < 4.78 is 16.9. The molecule has 0 radical (unpaired) electrons. The second-order valence-electron chi connectivity index (χ2n) is 20.9. The van der Waals surface area contributed by atoms with Crippen LogP contribution in [0.25, 0.3) is 0 Å². The Labute approximate surface area is 447 Å². The molecule has 72 heavy (non-hydrogen) atoms. The van der Waals surface area contributed by atoms with Gasteiger partial charge in [0.05, 0.1) is 0 Å². The number of allylic oxidation sites excluding steroid dienone is 10. The molecular weight excluding hydrogens is 889 g/mol. The zero-order chi connectivity index (χ0) is 52.2. The molecule has 0 amide bonds. The van der Waals surface area contributed by atoms with Crippen LogP contribution >= 0.6 is 0 Å². The highest BCUT2D eigenvalue weighted by Crippen LogP contribution is 2.17. The fourth-order valence-corrected chi connectivity index (χ4v) is 9.08. The van der Waals surface area contributed by atoms with Crippen molar-refractivity contribution in [2.45, 2.75) is 329 Å². The van der Waals surface area contributed by atoms with E-state index < -0.39 is 6.10 Å². The molecule has 1 unspecified atom stereocenters. The predicted octanol–water partition coefficient (Wildman–Crippen LogP) is 21.2. The highest BCUT2D eigenvalue weighted by Gasteiger charge is 2.19. The molecule has 0 N–H and O–H groups in total. The second-order valence-corrected chi connectivity index (χ2v) is 20.9. The maximum Gasteiger partial charge on any atom is 0.306 e. The first kappa shape index (κ1) is 69.1. The van der Waals surface area contributed by atoms with Gasteiger partial charge < -0.3 is 14.2 Å². The van der Waals surface area contributed by atoms with Gasteiger partial charge in [0.15, 0.2) is 6.10 Å². The highest BCUT2D eigenvalue weighted by atomic mass is 16.6. The van der Waals surface area contributed by atoms with Crippen molar-refractivity contribution in [1.29, 1.82) is 0 Å². The zero-order valence-corrected chi connectivity index (χ0v) is 47.9. The van der Waals surface area contributed by atoms with Crippen LogP contribution in [0.2, 0.25) is 0 Å². The second kappa shape index (κ2) is 60.7. The van der Waals surface area contributed by atoms with Crippen molar-refractivity contribution in [2.24, 2.45) is 0 Å². The van der Waals surface area contributed by atoms with Crippen LogP contribution in [0.4, 0.5) is 0 Å². The third-order valence-electron chi connectivity index (χ3n) is 13.8. The maximum absolute atomic E-state index is 12.9. The van der Waals surface area contributed by atoms with Crippen LogP contribution in [0.3, 0.4) is 0 Å². The van der Waals surface area contributed by atoms with E-state index in [-0.39, 0.29) is 31.1 Å². The van der Waals surface area contributed by atoms with Crippen LogP contribution in [0.1, 0.15) is 323 Å². The number of ether oxygens (including phenoxy) is 3. The number of hydrogen-bond donors (Lipinski definition) is 0. The van der Waals surface area contributed by atoms with Gasteiger partial charge in [0.25, 0.3) is 0 Å². The Morgan fingerprint density at radius 2 is 0.542 bits per heavy atom. The van der Waals surface area contributed by atoms with Gasteiger partial charge in [-0.15, -0.1) is 0 Å². The number of hydrogen-bond acceptors (Lipinski definition) is 6. The van der Waals surface area contributed by atoms with Crippen LogP contribution in [0.15, 0.2) is 60.8 Å². The van der Waals surface area contributed by atoms with Crippen molar-refractivity contribution in [3.8, 4) is 0 Å². The summed E-state index contributed by atoms with van der Waals surface area (Å²) in [6, 6.07) is 0. The Morgan fingerprint density at radius 1 is 0.292 bits per heavy atom. The first-order chi connectivity index (χ1) is 35.5. The van der Waals surface area contributed by atoms with Crippen LogP contribution in [-0.2, 0) is 28.6 Å². The fraction of sp³-hybridized carbons (Fsp3) is 0.803. The monoisotopic (exact) mass is 1010 g/mol. The fourth-order valence-electron chi connectivity index (χ4n) is 9.08. The first-order valence-electron chi connectivity index (χ1n) is 31.3. The van der Waals surface area contributed by atoms with Crippen molar-refractivity contribution in [3.63, 3.8) is 0 Å². The van der Waals surface area contributed by atoms with Gasteiger partial charge in [0.1, 0.15) is 13.2 Å². The summed E-state index contributed by atoms with van der Waals surface area (Å²) in [6.07, 6.45) is 76.5. The third-order valence-corrected chi connectivity index (χ3v) is 13.8. The lowest BCUT2D eigenvalue weighted by Gasteiger charge is -2.18. The standard InChI is InChI=1S/C66H118O6/c1-4-7-10-13-16-19-22-25-28-31-33-35-38-41-44-47-50-53-56-59-65(68)71-62-63(61-70-64(67)58-55-52-49-46-43-40-37-30-27-24-21-18-15-12-9-6-3)72-66(69)60-57-54-51-48-45-42-39-36-34-32-29-26-23-20-17-14-11-8-5-2/h9,12,18,21,27,30-31,33,40,43,63H,4-8,10-11,13-17,19-20,22-26,28-29,32,34-39,41-42,44-62H2,1-3H3/b12-9-,21-18-,30-27-,33-31-,43-40-. The first-order valence-corrected chi connectivity index (χ1v) is 31.3. The molecule has 0 aliphatic rings. The number of esters is 3. The normalized spacial score (nSPS) is 12.4. The summed E-state index contributed by atoms with van der Waals surface area (Å²) >= 11 is 0. The smallest absolute Gasteiger partial charge is 0.306 e. The van der Waals surface area contributed by atoms with Crippen molar-refractivity contribution < 1.29 is 28.6 Å². The van der Waals surface area contributed by atoms with Gasteiger partial charge in [0, 0.05) is 19.3 Å². The minimum atomic E-state index is -0.788. The van der Waals surface area contributed by atoms with Gasteiger partial charge in [-0.25, -0.2) is 0 Å². The van der Waals surface area contributed by atoms with E-state index in [2.05, 4.69) is 81.5 Å². The van der Waals surface area contributed by atoms with E-state index in [0.29, 0.717) is 19.3 Å². The van der Waals surface area contributed by atoms with Crippen molar-refractivity contribution in [3.05, 3.63) is 60.8 Å². The summed E-state index contributed by atoms with van der Waals surface area (Å²) in [4.78, 5) is 38.3. The Hall–Kier alpha value is -2.89. The van der Waals surface area contributed by atoms with Gasteiger partial charge in [-0.3, -0.25) is 14.4 Å². The largest absolute Gasteiger partial charge is 0.462 e. The molecule has 0 spiro atoms. The molecular formula is C66H118O6. The van der Waals surface area contributed by atoms with Gasteiger partial charge >= 0.3 is 17.9 Å². The summed E-state index contributed by atoms with van der Waals surface area (Å²) in [5.74, 6) is -0.902. The van der Waals surface area contributed by atoms with E-state index >= 15 is 0 Å². The van der Waals surface area contributed by atoms with E-state index in [1.54, 1.807) is 0 Å². The third kappa shape index (κ3) is 58.0. The topological polar surface area (TPSA) is 78.9 Å². The molecule has 0 aromatic carbocycles. The number of unbranched alkanes of at least 4 members (excludes halogenated alkanes) is 36. The molecule has 418 valence electrons. The van der Waals surface area contributed by atoms with Crippen LogP contribution < -0.4 is 0 Å². The Balaban J connectivity index is 4.38. The van der Waals surface area contributed by atoms with E-state index in [1.165, 1.54) is 193 Å². The minimum absolute atomic E-state index is 0.0838. The Bertz CT molecular complexity index is 1290. The molecule has 0 heterocycles. The molecule has 0 saturated carbocycles. The van der Waals surface area contributed by atoms with Crippen LogP contribution in [-0.4, -0.2) is 37.2 Å². The molecule has 0 aromatic heterocycles. The molecule has 0 rings (SSSR count). The van der Waals surface area contributed by atoms with Crippen molar-refractivity contribution in [1.82, 2.24) is 0 Å².